The van der Waals surface area contributed by atoms with Crippen molar-refractivity contribution in [1.29, 1.82) is 0 Å². The molecule has 2 aromatic heterocycles. The number of nitrogens with one attached hydrogen (secondary N) is 1. The molecule has 0 amide bonds. The van der Waals surface area contributed by atoms with Gasteiger partial charge in [-0.05, 0) is 44.2 Å². The fraction of sp³-hybridized carbons (Fsp3) is 0.154. The van der Waals surface area contributed by atoms with Crippen LogP contribution >= 0.6 is 0 Å². The van der Waals surface area contributed by atoms with E-state index in [1.807, 2.05) is 19.9 Å². The second-order valence-corrected chi connectivity index (χ2v) is 3.64. The van der Waals surface area contributed by atoms with E-state index >= 15 is 0 Å². The SMILES string of the molecule is C=Cc1nc(C)ccc1-c1ccc(C)[nH]1. The molecule has 2 aromatic rings. The Balaban J connectivity index is 2.57. The summed E-state index contributed by atoms with van der Waals surface area (Å²) < 4.78 is 0. The van der Waals surface area contributed by atoms with E-state index < -0.39 is 0 Å². The van der Waals surface area contributed by atoms with Crippen LogP contribution in [0.25, 0.3) is 17.3 Å². The van der Waals surface area contributed by atoms with Crippen molar-refractivity contribution in [3.63, 3.8) is 0 Å². The van der Waals surface area contributed by atoms with Gasteiger partial charge in [-0.1, -0.05) is 6.58 Å². The predicted octanol–water partition coefficient (Wildman–Crippen LogP) is 3.34. The van der Waals surface area contributed by atoms with Gasteiger partial charge in [0.1, 0.15) is 0 Å². The van der Waals surface area contributed by atoms with Crippen LogP contribution in [0.2, 0.25) is 0 Å². The number of nitrogens with zero attached hydrogens (tertiary/aromatic N) is 1. The number of rotatable bonds is 2. The van der Waals surface area contributed by atoms with Gasteiger partial charge in [0.2, 0.25) is 0 Å². The zero-order valence-electron chi connectivity index (χ0n) is 9.04. The molecule has 2 heterocycles. The zero-order chi connectivity index (χ0) is 10.8. The van der Waals surface area contributed by atoms with E-state index in [4.69, 9.17) is 0 Å². The Morgan fingerprint density at radius 1 is 1.20 bits per heavy atom. The number of pyridine rings is 1. The van der Waals surface area contributed by atoms with Gasteiger partial charge in [-0.2, -0.15) is 0 Å². The molecule has 0 aliphatic carbocycles. The molecule has 76 valence electrons. The summed E-state index contributed by atoms with van der Waals surface area (Å²) in [6.45, 7) is 7.81. The molecule has 1 N–H and O–H groups in total. The minimum absolute atomic E-state index is 0.928. The van der Waals surface area contributed by atoms with Crippen LogP contribution in [-0.2, 0) is 0 Å². The Hall–Kier alpha value is -1.83. The van der Waals surface area contributed by atoms with Gasteiger partial charge >= 0.3 is 0 Å². The number of H-pyrrole nitrogens is 1. The molecular weight excluding hydrogens is 184 g/mol. The van der Waals surface area contributed by atoms with E-state index in [-0.39, 0.29) is 0 Å². The Bertz CT molecular complexity index is 495. The molecule has 0 fully saturated rings. The zero-order valence-corrected chi connectivity index (χ0v) is 9.04. The van der Waals surface area contributed by atoms with E-state index in [2.05, 4.69) is 34.7 Å². The highest BCUT2D eigenvalue weighted by molar-refractivity contribution is 5.70. The molecule has 0 bridgehead atoms. The van der Waals surface area contributed by atoms with Crippen LogP contribution in [0.3, 0.4) is 0 Å². The van der Waals surface area contributed by atoms with Crippen LogP contribution in [0.5, 0.6) is 0 Å². The van der Waals surface area contributed by atoms with Crippen molar-refractivity contribution in [2.75, 3.05) is 0 Å². The van der Waals surface area contributed by atoms with E-state index in [0.29, 0.717) is 0 Å². The molecule has 0 spiro atoms. The standard InChI is InChI=1S/C13H14N2/c1-4-12-11(7-5-9(2)14-12)13-8-6-10(3)15-13/h4-8,15H,1H2,2-3H3. The van der Waals surface area contributed by atoms with Gasteiger partial charge < -0.3 is 4.98 Å². The van der Waals surface area contributed by atoms with Gasteiger partial charge in [0, 0.05) is 22.6 Å². The van der Waals surface area contributed by atoms with Gasteiger partial charge in [0.15, 0.2) is 0 Å². The predicted molar refractivity (Wildman–Crippen MR) is 63.6 cm³/mol. The van der Waals surface area contributed by atoms with Crippen LogP contribution in [0.4, 0.5) is 0 Å². The summed E-state index contributed by atoms with van der Waals surface area (Å²) in [5, 5.41) is 0. The topological polar surface area (TPSA) is 28.7 Å². The fourth-order valence-electron chi connectivity index (χ4n) is 1.62. The summed E-state index contributed by atoms with van der Waals surface area (Å²) in [5.41, 5.74) is 5.29. The van der Waals surface area contributed by atoms with E-state index in [1.165, 1.54) is 0 Å². The monoisotopic (exact) mass is 198 g/mol. The number of hydrogen-bond donors (Lipinski definition) is 1. The lowest BCUT2D eigenvalue weighted by Crippen LogP contribution is -1.90. The highest BCUT2D eigenvalue weighted by Crippen LogP contribution is 2.22. The molecule has 0 radical (unpaired) electrons. The summed E-state index contributed by atoms with van der Waals surface area (Å²) in [5.74, 6) is 0. The lowest BCUT2D eigenvalue weighted by Gasteiger charge is -2.04. The molecular formula is C13H14N2. The van der Waals surface area contributed by atoms with Crippen molar-refractivity contribution < 1.29 is 0 Å². The van der Waals surface area contributed by atoms with Crippen molar-refractivity contribution in [3.05, 3.63) is 47.9 Å². The summed E-state index contributed by atoms with van der Waals surface area (Å²) >= 11 is 0. The van der Waals surface area contributed by atoms with Crippen molar-refractivity contribution in [3.8, 4) is 11.3 Å². The lowest BCUT2D eigenvalue weighted by atomic mass is 10.1. The summed E-state index contributed by atoms with van der Waals surface area (Å²) in [6.07, 6.45) is 1.79. The minimum atomic E-state index is 0.928. The maximum Gasteiger partial charge on any atom is 0.0720 e. The van der Waals surface area contributed by atoms with Crippen LogP contribution in [0, 0.1) is 13.8 Å². The third-order valence-electron chi connectivity index (χ3n) is 2.38. The van der Waals surface area contributed by atoms with Gasteiger partial charge in [0.05, 0.1) is 5.69 Å². The highest BCUT2D eigenvalue weighted by atomic mass is 14.7. The lowest BCUT2D eigenvalue weighted by molar-refractivity contribution is 1.17. The third kappa shape index (κ3) is 1.84. The Kier molecular flexibility index (Phi) is 2.42. The quantitative estimate of drug-likeness (QED) is 0.787. The number of hydrogen-bond acceptors (Lipinski definition) is 1. The van der Waals surface area contributed by atoms with Gasteiger partial charge in [-0.15, -0.1) is 0 Å². The summed E-state index contributed by atoms with van der Waals surface area (Å²) in [7, 11) is 0. The third-order valence-corrected chi connectivity index (χ3v) is 2.38. The average Bonchev–Trinajstić information content (AvgIpc) is 2.64. The highest BCUT2D eigenvalue weighted by Gasteiger charge is 2.05. The van der Waals surface area contributed by atoms with Crippen LogP contribution in [0.1, 0.15) is 17.1 Å². The first-order valence-corrected chi connectivity index (χ1v) is 4.97. The fourth-order valence-corrected chi connectivity index (χ4v) is 1.62. The maximum absolute atomic E-state index is 4.44. The van der Waals surface area contributed by atoms with Gasteiger partial charge in [-0.25, -0.2) is 0 Å². The Morgan fingerprint density at radius 3 is 2.60 bits per heavy atom. The van der Waals surface area contributed by atoms with Crippen molar-refractivity contribution >= 4 is 6.08 Å². The molecule has 0 atom stereocenters. The molecule has 0 saturated carbocycles. The molecule has 2 nitrogen and oxygen atoms in total. The number of aryl methyl sites for hydroxylation is 2. The number of aromatic amines is 1. The first kappa shape index (κ1) is 9.71. The molecule has 0 aliphatic heterocycles. The second kappa shape index (κ2) is 3.73. The maximum atomic E-state index is 4.44. The first-order chi connectivity index (χ1) is 7.20. The molecule has 0 aromatic carbocycles. The molecule has 2 rings (SSSR count). The van der Waals surface area contributed by atoms with Crippen molar-refractivity contribution in [2.45, 2.75) is 13.8 Å². The van der Waals surface area contributed by atoms with Crippen LogP contribution < -0.4 is 0 Å². The summed E-state index contributed by atoms with van der Waals surface area (Å²) in [6, 6.07) is 8.21. The number of aromatic nitrogens is 2. The Labute approximate surface area is 89.7 Å². The van der Waals surface area contributed by atoms with E-state index in [0.717, 1.165) is 28.3 Å². The minimum Gasteiger partial charge on any atom is -0.359 e. The normalized spacial score (nSPS) is 10.3. The largest absolute Gasteiger partial charge is 0.359 e. The molecule has 0 saturated heterocycles. The molecule has 0 aliphatic rings. The summed E-state index contributed by atoms with van der Waals surface area (Å²) in [4.78, 5) is 7.74. The van der Waals surface area contributed by atoms with Crippen LogP contribution in [-0.4, -0.2) is 9.97 Å². The van der Waals surface area contributed by atoms with Gasteiger partial charge in [0.25, 0.3) is 0 Å². The molecule has 15 heavy (non-hydrogen) atoms. The van der Waals surface area contributed by atoms with E-state index in [1.54, 1.807) is 6.08 Å². The van der Waals surface area contributed by atoms with Crippen LogP contribution in [0.15, 0.2) is 30.8 Å². The second-order valence-electron chi connectivity index (χ2n) is 3.64. The smallest absolute Gasteiger partial charge is 0.0720 e. The molecule has 0 unspecified atom stereocenters. The van der Waals surface area contributed by atoms with Gasteiger partial charge in [-0.3, -0.25) is 4.98 Å². The Morgan fingerprint density at radius 2 is 2.00 bits per heavy atom. The average molecular weight is 198 g/mol. The van der Waals surface area contributed by atoms with Crippen molar-refractivity contribution in [2.24, 2.45) is 0 Å². The van der Waals surface area contributed by atoms with E-state index in [9.17, 15) is 0 Å². The molecule has 2 heteroatoms. The first-order valence-electron chi connectivity index (χ1n) is 4.97. The van der Waals surface area contributed by atoms with Crippen molar-refractivity contribution in [1.82, 2.24) is 9.97 Å².